The Morgan fingerprint density at radius 3 is 2.70 bits per heavy atom. The first-order valence-corrected chi connectivity index (χ1v) is 5.91. The molecule has 0 amide bonds. The Labute approximate surface area is 114 Å². The van der Waals surface area contributed by atoms with E-state index >= 15 is 0 Å². The lowest BCUT2D eigenvalue weighted by molar-refractivity contribution is 0.0562. The summed E-state index contributed by atoms with van der Waals surface area (Å²) in [6.45, 7) is 1.72. The van der Waals surface area contributed by atoms with Crippen LogP contribution < -0.4 is 5.32 Å². The highest BCUT2D eigenvalue weighted by atomic mass is 19.1. The van der Waals surface area contributed by atoms with Gasteiger partial charge in [0.15, 0.2) is 0 Å². The molecule has 0 aliphatic rings. The predicted molar refractivity (Wildman–Crippen MR) is 68.4 cm³/mol. The van der Waals surface area contributed by atoms with Crippen LogP contribution in [-0.2, 0) is 4.74 Å². The van der Waals surface area contributed by atoms with Gasteiger partial charge in [-0.2, -0.15) is 0 Å². The van der Waals surface area contributed by atoms with E-state index in [1.165, 1.54) is 19.2 Å². The molecule has 0 aliphatic heterocycles. The summed E-state index contributed by atoms with van der Waals surface area (Å²) in [5.41, 5.74) is 0.148. The van der Waals surface area contributed by atoms with Crippen LogP contribution in [0.15, 0.2) is 34.7 Å². The number of halogens is 2. The maximum absolute atomic E-state index is 13.5. The van der Waals surface area contributed by atoms with Crippen molar-refractivity contribution in [1.82, 2.24) is 0 Å². The van der Waals surface area contributed by atoms with Gasteiger partial charge in [-0.15, -0.1) is 0 Å². The van der Waals surface area contributed by atoms with E-state index in [9.17, 15) is 13.6 Å². The number of benzene rings is 1. The van der Waals surface area contributed by atoms with Crippen LogP contribution in [0.25, 0.3) is 0 Å². The third-order valence-electron chi connectivity index (χ3n) is 2.74. The van der Waals surface area contributed by atoms with Crippen LogP contribution >= 0.6 is 0 Å². The Morgan fingerprint density at radius 2 is 2.05 bits per heavy atom. The summed E-state index contributed by atoms with van der Waals surface area (Å²) in [4.78, 5) is 11.3. The summed E-state index contributed by atoms with van der Waals surface area (Å²) in [5, 5.41) is 2.84. The number of esters is 1. The fourth-order valence-corrected chi connectivity index (χ4v) is 1.71. The van der Waals surface area contributed by atoms with E-state index in [1.807, 2.05) is 0 Å². The van der Waals surface area contributed by atoms with Crippen molar-refractivity contribution in [2.24, 2.45) is 0 Å². The topological polar surface area (TPSA) is 51.5 Å². The Kier molecular flexibility index (Phi) is 4.02. The zero-order valence-corrected chi connectivity index (χ0v) is 10.9. The monoisotopic (exact) mass is 281 g/mol. The molecule has 106 valence electrons. The van der Waals surface area contributed by atoms with Gasteiger partial charge in [-0.25, -0.2) is 13.6 Å². The largest absolute Gasteiger partial charge is 0.463 e. The van der Waals surface area contributed by atoms with Crippen molar-refractivity contribution in [3.63, 3.8) is 0 Å². The van der Waals surface area contributed by atoms with Gasteiger partial charge in [-0.1, -0.05) is 0 Å². The van der Waals surface area contributed by atoms with Crippen LogP contribution in [0, 0.1) is 11.6 Å². The second-order valence-corrected chi connectivity index (χ2v) is 4.18. The lowest BCUT2D eigenvalue weighted by Gasteiger charge is -2.13. The molecular formula is C14H13F2NO3. The lowest BCUT2D eigenvalue weighted by atomic mass is 10.2. The molecule has 1 aromatic carbocycles. The Hall–Kier alpha value is -2.37. The number of methoxy groups -OCH3 is 1. The van der Waals surface area contributed by atoms with E-state index in [1.54, 1.807) is 13.0 Å². The van der Waals surface area contributed by atoms with Gasteiger partial charge >= 0.3 is 5.97 Å². The number of carbonyl (C=O) groups excluding carboxylic acids is 1. The van der Waals surface area contributed by atoms with Crippen molar-refractivity contribution in [1.29, 1.82) is 0 Å². The molecule has 1 heterocycles. The van der Waals surface area contributed by atoms with Gasteiger partial charge in [0.25, 0.3) is 0 Å². The molecule has 0 bridgehead atoms. The van der Waals surface area contributed by atoms with Gasteiger partial charge in [0, 0.05) is 6.07 Å². The first-order valence-electron chi connectivity index (χ1n) is 5.91. The van der Waals surface area contributed by atoms with Crippen LogP contribution in [0.1, 0.15) is 29.3 Å². The Morgan fingerprint density at radius 1 is 1.30 bits per heavy atom. The summed E-state index contributed by atoms with van der Waals surface area (Å²) in [6.07, 6.45) is 0. The van der Waals surface area contributed by atoms with E-state index < -0.39 is 23.6 Å². The van der Waals surface area contributed by atoms with Crippen LogP contribution in [0.3, 0.4) is 0 Å². The van der Waals surface area contributed by atoms with Crippen LogP contribution in [0.4, 0.5) is 14.5 Å². The molecule has 1 unspecified atom stereocenters. The van der Waals surface area contributed by atoms with Gasteiger partial charge in [0.05, 0.1) is 18.8 Å². The number of hydrogen-bond acceptors (Lipinski definition) is 4. The number of rotatable bonds is 4. The Balaban J connectivity index is 2.13. The molecule has 0 fully saturated rings. The van der Waals surface area contributed by atoms with Crippen molar-refractivity contribution in [2.45, 2.75) is 13.0 Å². The molecule has 0 saturated carbocycles. The second-order valence-electron chi connectivity index (χ2n) is 4.18. The van der Waals surface area contributed by atoms with E-state index in [0.29, 0.717) is 5.76 Å². The maximum Gasteiger partial charge on any atom is 0.373 e. The minimum atomic E-state index is -0.698. The average Bonchev–Trinajstić information content (AvgIpc) is 2.90. The molecule has 4 nitrogen and oxygen atoms in total. The van der Waals surface area contributed by atoms with Crippen molar-refractivity contribution < 1.29 is 22.7 Å². The highest BCUT2D eigenvalue weighted by Gasteiger charge is 2.16. The van der Waals surface area contributed by atoms with Crippen molar-refractivity contribution >= 4 is 11.7 Å². The normalized spacial score (nSPS) is 12.0. The second kappa shape index (κ2) is 5.73. The van der Waals surface area contributed by atoms with Gasteiger partial charge in [0.2, 0.25) is 5.76 Å². The first kappa shape index (κ1) is 14.0. The number of furan rings is 1. The number of ether oxygens (including phenoxy) is 1. The van der Waals surface area contributed by atoms with Crippen molar-refractivity contribution in [2.75, 3.05) is 12.4 Å². The molecule has 2 rings (SSSR count). The fraction of sp³-hybridized carbons (Fsp3) is 0.214. The standard InChI is InChI=1S/C14H13F2NO3/c1-8(12-5-6-13(20-12)14(18)19-2)17-11-4-3-9(15)7-10(11)16/h3-8,17H,1-2H3. The predicted octanol–water partition coefficient (Wildman–Crippen LogP) is 3.52. The summed E-state index contributed by atoms with van der Waals surface area (Å²) < 4.78 is 36.1. The zero-order chi connectivity index (χ0) is 14.7. The number of hydrogen-bond donors (Lipinski definition) is 1. The Bertz CT molecular complexity index is 625. The van der Waals surface area contributed by atoms with E-state index in [2.05, 4.69) is 10.1 Å². The summed E-state index contributed by atoms with van der Waals surface area (Å²) in [6, 6.07) is 5.90. The zero-order valence-electron chi connectivity index (χ0n) is 10.9. The smallest absolute Gasteiger partial charge is 0.373 e. The molecule has 0 spiro atoms. The van der Waals surface area contributed by atoms with Crippen molar-refractivity contribution in [3.8, 4) is 0 Å². The highest BCUT2D eigenvalue weighted by Crippen LogP contribution is 2.23. The number of nitrogens with one attached hydrogen (secondary N) is 1. The van der Waals surface area contributed by atoms with E-state index in [0.717, 1.165) is 12.1 Å². The molecule has 20 heavy (non-hydrogen) atoms. The minimum absolute atomic E-state index is 0.0655. The summed E-state index contributed by atoms with van der Waals surface area (Å²) >= 11 is 0. The molecule has 6 heteroatoms. The lowest BCUT2D eigenvalue weighted by Crippen LogP contribution is -2.07. The van der Waals surface area contributed by atoms with Crippen molar-refractivity contribution in [3.05, 3.63) is 53.5 Å². The van der Waals surface area contributed by atoms with Gasteiger partial charge < -0.3 is 14.5 Å². The molecule has 0 aliphatic carbocycles. The number of carbonyl (C=O) groups is 1. The van der Waals surface area contributed by atoms with E-state index in [-0.39, 0.29) is 11.4 Å². The van der Waals surface area contributed by atoms with Gasteiger partial charge in [-0.3, -0.25) is 0 Å². The third kappa shape index (κ3) is 2.96. The molecule has 0 radical (unpaired) electrons. The molecular weight excluding hydrogens is 268 g/mol. The maximum atomic E-state index is 13.5. The fourth-order valence-electron chi connectivity index (χ4n) is 1.71. The molecule has 1 aromatic heterocycles. The van der Waals surface area contributed by atoms with Crippen LogP contribution in [0.5, 0.6) is 0 Å². The summed E-state index contributed by atoms with van der Waals surface area (Å²) in [7, 11) is 1.25. The first-order chi connectivity index (χ1) is 9.51. The minimum Gasteiger partial charge on any atom is -0.463 e. The van der Waals surface area contributed by atoms with Gasteiger partial charge in [-0.05, 0) is 31.2 Å². The molecule has 0 saturated heterocycles. The highest BCUT2D eigenvalue weighted by molar-refractivity contribution is 5.86. The van der Waals surface area contributed by atoms with Crippen LogP contribution in [0.2, 0.25) is 0 Å². The van der Waals surface area contributed by atoms with Gasteiger partial charge in [0.1, 0.15) is 17.4 Å². The number of anilines is 1. The third-order valence-corrected chi connectivity index (χ3v) is 2.74. The van der Waals surface area contributed by atoms with Crippen LogP contribution in [-0.4, -0.2) is 13.1 Å². The quantitative estimate of drug-likeness (QED) is 0.871. The molecule has 1 N–H and O–H groups in total. The van der Waals surface area contributed by atoms with E-state index in [4.69, 9.17) is 4.42 Å². The summed E-state index contributed by atoms with van der Waals surface area (Å²) in [5.74, 6) is -1.43. The average molecular weight is 281 g/mol. The SMILES string of the molecule is COC(=O)c1ccc(C(C)Nc2ccc(F)cc2F)o1. The molecule has 2 aromatic rings. The molecule has 1 atom stereocenters.